The first kappa shape index (κ1) is 20.1. The van der Waals surface area contributed by atoms with E-state index in [-0.39, 0.29) is 17.9 Å². The zero-order chi connectivity index (χ0) is 20.4. The maximum Gasteiger partial charge on any atom is 0.295 e. The molecular weight excluding hydrogens is 378 g/mol. The molecule has 1 amide bonds. The van der Waals surface area contributed by atoms with Gasteiger partial charge >= 0.3 is 0 Å². The fourth-order valence-electron chi connectivity index (χ4n) is 3.59. The molecule has 1 aliphatic rings. The number of likely N-dealkylation sites (tertiary alicyclic amines) is 1. The number of carbonyl (C=O) groups is 2. The van der Waals surface area contributed by atoms with E-state index in [4.69, 9.17) is 9.47 Å². The van der Waals surface area contributed by atoms with E-state index in [2.05, 4.69) is 0 Å². The summed E-state index contributed by atoms with van der Waals surface area (Å²) >= 11 is 1.43. The summed E-state index contributed by atoms with van der Waals surface area (Å²) in [5, 5.41) is 13.0. The lowest BCUT2D eigenvalue weighted by Gasteiger charge is -2.24. The van der Waals surface area contributed by atoms with Gasteiger partial charge in [0.05, 0.1) is 30.9 Å². The summed E-state index contributed by atoms with van der Waals surface area (Å²) < 4.78 is 10.6. The number of aliphatic hydroxyl groups is 1. The zero-order valence-electron chi connectivity index (χ0n) is 16.3. The average molecular weight is 401 g/mol. The monoisotopic (exact) mass is 401 g/mol. The van der Waals surface area contributed by atoms with Crippen LogP contribution in [-0.2, 0) is 14.3 Å². The van der Waals surface area contributed by atoms with E-state index in [0.29, 0.717) is 17.9 Å². The molecular formula is C21H23NO5S. The lowest BCUT2D eigenvalue weighted by molar-refractivity contribution is -0.140. The van der Waals surface area contributed by atoms with Gasteiger partial charge in [0.15, 0.2) is 0 Å². The van der Waals surface area contributed by atoms with Gasteiger partial charge in [0.25, 0.3) is 11.7 Å². The van der Waals surface area contributed by atoms with Crippen molar-refractivity contribution < 1.29 is 24.2 Å². The van der Waals surface area contributed by atoms with Gasteiger partial charge in [0, 0.05) is 18.5 Å². The Labute approximate surface area is 168 Å². The third kappa shape index (κ3) is 3.43. The number of ketones is 1. The molecule has 0 radical (unpaired) electrons. The van der Waals surface area contributed by atoms with Crippen molar-refractivity contribution >= 4 is 28.8 Å². The van der Waals surface area contributed by atoms with E-state index in [1.54, 1.807) is 6.07 Å². The number of amides is 1. The molecule has 6 nitrogen and oxygen atoms in total. The minimum atomic E-state index is -0.701. The number of Topliss-reactive ketones (excluding diaryl/α,β-unsaturated/α-hetero) is 1. The molecule has 1 N–H and O–H groups in total. The van der Waals surface area contributed by atoms with Crippen molar-refractivity contribution in [3.8, 4) is 5.75 Å². The van der Waals surface area contributed by atoms with Crippen molar-refractivity contribution in [2.75, 3.05) is 27.4 Å². The number of aliphatic hydroxyl groups excluding tert-OH is 1. The summed E-state index contributed by atoms with van der Waals surface area (Å²) in [5.74, 6) is -1.08. The van der Waals surface area contributed by atoms with Crippen LogP contribution in [0.3, 0.4) is 0 Å². The van der Waals surface area contributed by atoms with Crippen LogP contribution in [0.5, 0.6) is 5.75 Å². The van der Waals surface area contributed by atoms with Crippen LogP contribution in [0.2, 0.25) is 0 Å². The predicted molar refractivity (Wildman–Crippen MR) is 108 cm³/mol. The Balaban J connectivity index is 2.22. The Morgan fingerprint density at radius 1 is 1.25 bits per heavy atom. The van der Waals surface area contributed by atoms with Gasteiger partial charge in [-0.05, 0) is 42.5 Å². The van der Waals surface area contributed by atoms with Crippen molar-refractivity contribution in [2.45, 2.75) is 19.9 Å². The van der Waals surface area contributed by atoms with Gasteiger partial charge in [-0.15, -0.1) is 11.3 Å². The van der Waals surface area contributed by atoms with Gasteiger partial charge in [-0.3, -0.25) is 9.59 Å². The van der Waals surface area contributed by atoms with Crippen LogP contribution in [0.25, 0.3) is 5.76 Å². The molecule has 1 fully saturated rings. The van der Waals surface area contributed by atoms with E-state index in [1.807, 2.05) is 37.4 Å². The van der Waals surface area contributed by atoms with Gasteiger partial charge in [-0.2, -0.15) is 0 Å². The van der Waals surface area contributed by atoms with E-state index < -0.39 is 17.7 Å². The predicted octanol–water partition coefficient (Wildman–Crippen LogP) is 3.44. The molecule has 1 aliphatic heterocycles. The highest BCUT2D eigenvalue weighted by molar-refractivity contribution is 7.10. The molecule has 0 aliphatic carbocycles. The fraction of sp³-hybridized carbons (Fsp3) is 0.333. The molecule has 1 unspecified atom stereocenters. The first-order valence-corrected chi connectivity index (χ1v) is 9.75. The van der Waals surface area contributed by atoms with Crippen LogP contribution < -0.4 is 4.74 Å². The Kier molecular flexibility index (Phi) is 5.86. The maximum absolute atomic E-state index is 12.9. The quantitative estimate of drug-likeness (QED) is 0.456. The van der Waals surface area contributed by atoms with Gasteiger partial charge in [-0.1, -0.05) is 12.1 Å². The first-order chi connectivity index (χ1) is 13.4. The summed E-state index contributed by atoms with van der Waals surface area (Å²) in [6.07, 6.45) is 0. The molecule has 0 bridgehead atoms. The van der Waals surface area contributed by atoms with Crippen LogP contribution in [0, 0.1) is 13.8 Å². The molecule has 1 aromatic heterocycles. The smallest absolute Gasteiger partial charge is 0.295 e. The molecule has 3 rings (SSSR count). The Hall–Kier alpha value is -2.64. The minimum absolute atomic E-state index is 0.0758. The van der Waals surface area contributed by atoms with Crippen LogP contribution in [0.4, 0.5) is 0 Å². The highest BCUT2D eigenvalue weighted by atomic mass is 32.1. The number of ether oxygens (including phenoxy) is 2. The molecule has 2 heterocycles. The Morgan fingerprint density at radius 3 is 2.61 bits per heavy atom. The van der Waals surface area contributed by atoms with Crippen molar-refractivity contribution in [1.82, 2.24) is 4.90 Å². The van der Waals surface area contributed by atoms with Crippen LogP contribution in [-0.4, -0.2) is 49.1 Å². The third-order valence-electron chi connectivity index (χ3n) is 4.77. The zero-order valence-corrected chi connectivity index (χ0v) is 17.1. The second kappa shape index (κ2) is 8.16. The second-order valence-electron chi connectivity index (χ2n) is 6.66. The number of nitrogens with zero attached hydrogens (tertiary/aromatic N) is 1. The van der Waals surface area contributed by atoms with E-state index in [0.717, 1.165) is 16.0 Å². The number of methoxy groups -OCH3 is 2. The highest BCUT2D eigenvalue weighted by Crippen LogP contribution is 2.42. The fourth-order valence-corrected chi connectivity index (χ4v) is 4.43. The Bertz CT molecular complexity index is 933. The highest BCUT2D eigenvalue weighted by Gasteiger charge is 2.46. The van der Waals surface area contributed by atoms with E-state index >= 15 is 0 Å². The molecule has 1 aromatic carbocycles. The first-order valence-electron chi connectivity index (χ1n) is 8.87. The third-order valence-corrected chi connectivity index (χ3v) is 5.69. The summed E-state index contributed by atoms with van der Waals surface area (Å²) in [4.78, 5) is 27.8. The second-order valence-corrected chi connectivity index (χ2v) is 7.64. The van der Waals surface area contributed by atoms with Crippen molar-refractivity contribution in [3.05, 3.63) is 56.8 Å². The number of hydrogen-bond acceptors (Lipinski definition) is 6. The summed E-state index contributed by atoms with van der Waals surface area (Å²) in [7, 11) is 3.06. The molecule has 148 valence electrons. The maximum atomic E-state index is 12.9. The molecule has 7 heteroatoms. The lowest BCUT2D eigenvalue weighted by atomic mass is 9.96. The number of aryl methyl sites for hydroxylation is 2. The normalized spacial score (nSPS) is 18.7. The number of hydrogen-bond donors (Lipinski definition) is 1. The molecule has 1 atom stereocenters. The van der Waals surface area contributed by atoms with E-state index in [1.165, 1.54) is 30.5 Å². The van der Waals surface area contributed by atoms with Gasteiger partial charge in [0.2, 0.25) is 0 Å². The van der Waals surface area contributed by atoms with E-state index in [9.17, 15) is 14.7 Å². The van der Waals surface area contributed by atoms with Crippen LogP contribution in [0.15, 0.2) is 35.2 Å². The number of thiophene rings is 1. The summed E-state index contributed by atoms with van der Waals surface area (Å²) in [5.41, 5.74) is 2.24. The van der Waals surface area contributed by atoms with Crippen LogP contribution in [0.1, 0.15) is 27.6 Å². The number of rotatable bonds is 6. The molecule has 0 saturated carbocycles. The van der Waals surface area contributed by atoms with Crippen molar-refractivity contribution in [3.63, 3.8) is 0 Å². The van der Waals surface area contributed by atoms with Gasteiger partial charge in [-0.25, -0.2) is 0 Å². The van der Waals surface area contributed by atoms with Gasteiger partial charge in [0.1, 0.15) is 11.5 Å². The summed E-state index contributed by atoms with van der Waals surface area (Å²) in [6, 6.07) is 6.75. The van der Waals surface area contributed by atoms with Gasteiger partial charge < -0.3 is 19.5 Å². The number of benzene rings is 1. The Morgan fingerprint density at radius 2 is 2.00 bits per heavy atom. The number of carbonyl (C=O) groups excluding carboxylic acids is 2. The lowest BCUT2D eigenvalue weighted by Crippen LogP contribution is -2.32. The largest absolute Gasteiger partial charge is 0.507 e. The topological polar surface area (TPSA) is 76.1 Å². The molecule has 28 heavy (non-hydrogen) atoms. The minimum Gasteiger partial charge on any atom is -0.507 e. The standard InChI is InChI=1S/C21H23NO5S/c1-12-10-13(2)20(27-4)14(11-12)18(23)16-17(15-6-5-9-28-15)22(7-8-26-3)21(25)19(16)24/h5-6,9-11,17,23H,7-8H2,1-4H3/b18-16-. The molecule has 0 spiro atoms. The summed E-state index contributed by atoms with van der Waals surface area (Å²) in [6.45, 7) is 4.32. The average Bonchev–Trinajstić information content (AvgIpc) is 3.27. The molecule has 1 saturated heterocycles. The van der Waals surface area contributed by atoms with Crippen molar-refractivity contribution in [1.29, 1.82) is 0 Å². The van der Waals surface area contributed by atoms with Crippen molar-refractivity contribution in [2.24, 2.45) is 0 Å². The molecule has 2 aromatic rings. The SMILES string of the molecule is COCCN1C(=O)C(=O)/C(=C(\O)c2cc(C)cc(C)c2OC)C1c1cccs1. The van der Waals surface area contributed by atoms with Crippen LogP contribution >= 0.6 is 11.3 Å².